The number of rotatable bonds is 17. The van der Waals surface area contributed by atoms with Gasteiger partial charge in [0.1, 0.15) is 6.54 Å². The predicted octanol–water partition coefficient (Wildman–Crippen LogP) is 4.75. The molecule has 0 aromatic heterocycles. The summed E-state index contributed by atoms with van der Waals surface area (Å²) in [7, 11) is 0. The SMILES string of the molecule is CCCCCC[N+](CCCCCC)(CCCCCC)Cc1ccccc1.[I-]. The van der Waals surface area contributed by atoms with E-state index in [0.29, 0.717) is 0 Å². The standard InChI is InChI=1S/C25H46N.HI/c1-4-7-10-16-21-26(22-17-11-8-5-2,23-18-12-9-6-3)24-25-19-14-13-15-20-25;/h13-15,19-20H,4-12,16-18,21-24H2,1-3H3;1H/q+1;/p-1. The van der Waals surface area contributed by atoms with E-state index >= 15 is 0 Å². The first-order chi connectivity index (χ1) is 12.8. The van der Waals surface area contributed by atoms with Crippen LogP contribution in [0.2, 0.25) is 0 Å². The summed E-state index contributed by atoms with van der Waals surface area (Å²) in [6.07, 6.45) is 16.7. The van der Waals surface area contributed by atoms with Crippen molar-refractivity contribution in [3.8, 4) is 0 Å². The van der Waals surface area contributed by atoms with Gasteiger partial charge in [-0.3, -0.25) is 0 Å². The van der Waals surface area contributed by atoms with Crippen LogP contribution in [0.25, 0.3) is 0 Å². The first-order valence-corrected chi connectivity index (χ1v) is 11.7. The highest BCUT2D eigenvalue weighted by molar-refractivity contribution is 5.13. The summed E-state index contributed by atoms with van der Waals surface area (Å²) in [5.74, 6) is 0. The van der Waals surface area contributed by atoms with Crippen molar-refractivity contribution in [1.82, 2.24) is 0 Å². The molecule has 0 bridgehead atoms. The maximum Gasteiger partial charge on any atom is 0.104 e. The van der Waals surface area contributed by atoms with E-state index < -0.39 is 0 Å². The van der Waals surface area contributed by atoms with Crippen LogP contribution in [0, 0.1) is 0 Å². The van der Waals surface area contributed by atoms with Crippen LogP contribution in [0.15, 0.2) is 30.3 Å². The van der Waals surface area contributed by atoms with Crippen LogP contribution in [0.3, 0.4) is 0 Å². The van der Waals surface area contributed by atoms with Crippen molar-refractivity contribution in [2.75, 3.05) is 19.6 Å². The van der Waals surface area contributed by atoms with Gasteiger partial charge in [-0.1, -0.05) is 89.6 Å². The highest BCUT2D eigenvalue weighted by Gasteiger charge is 2.26. The molecule has 0 unspecified atom stereocenters. The fourth-order valence-electron chi connectivity index (χ4n) is 4.17. The molecule has 0 aliphatic heterocycles. The van der Waals surface area contributed by atoms with E-state index in [1.165, 1.54) is 113 Å². The summed E-state index contributed by atoms with van der Waals surface area (Å²) in [6, 6.07) is 11.3. The van der Waals surface area contributed by atoms with Crippen molar-refractivity contribution in [2.45, 2.75) is 104 Å². The Labute approximate surface area is 187 Å². The van der Waals surface area contributed by atoms with Gasteiger partial charge in [0.05, 0.1) is 19.6 Å². The van der Waals surface area contributed by atoms with Crippen LogP contribution in [0.1, 0.15) is 103 Å². The second-order valence-electron chi connectivity index (χ2n) is 8.34. The molecule has 0 atom stereocenters. The number of hydrogen-bond acceptors (Lipinski definition) is 0. The van der Waals surface area contributed by atoms with E-state index in [0.717, 1.165) is 0 Å². The molecule has 2 heteroatoms. The second-order valence-corrected chi connectivity index (χ2v) is 8.34. The minimum absolute atomic E-state index is 0. The summed E-state index contributed by atoms with van der Waals surface area (Å²) in [4.78, 5) is 0. The average Bonchev–Trinajstić information content (AvgIpc) is 2.67. The summed E-state index contributed by atoms with van der Waals surface area (Å²) in [5.41, 5.74) is 1.54. The van der Waals surface area contributed by atoms with E-state index in [4.69, 9.17) is 0 Å². The maximum atomic E-state index is 2.34. The van der Waals surface area contributed by atoms with E-state index in [1.54, 1.807) is 0 Å². The molecule has 0 saturated heterocycles. The number of nitrogens with zero attached hydrogens (tertiary/aromatic N) is 1. The number of halogens is 1. The zero-order valence-corrected chi connectivity index (χ0v) is 20.7. The van der Waals surface area contributed by atoms with Gasteiger partial charge in [0.25, 0.3) is 0 Å². The fourth-order valence-corrected chi connectivity index (χ4v) is 4.17. The van der Waals surface area contributed by atoms with Gasteiger partial charge in [0.2, 0.25) is 0 Å². The van der Waals surface area contributed by atoms with Gasteiger partial charge >= 0.3 is 0 Å². The highest BCUT2D eigenvalue weighted by atomic mass is 127. The third-order valence-corrected chi connectivity index (χ3v) is 5.82. The number of hydrogen-bond donors (Lipinski definition) is 0. The summed E-state index contributed by atoms with van der Waals surface area (Å²) in [6.45, 7) is 12.4. The Balaban J connectivity index is 0.00000676. The minimum atomic E-state index is 0. The largest absolute Gasteiger partial charge is 1.00 e. The van der Waals surface area contributed by atoms with Crippen LogP contribution in [0.5, 0.6) is 0 Å². The van der Waals surface area contributed by atoms with Gasteiger partial charge < -0.3 is 28.5 Å². The van der Waals surface area contributed by atoms with Gasteiger partial charge in [-0.25, -0.2) is 0 Å². The lowest BCUT2D eigenvalue weighted by Gasteiger charge is -2.39. The molecule has 1 aromatic carbocycles. The molecule has 0 saturated carbocycles. The van der Waals surface area contributed by atoms with E-state index in [9.17, 15) is 0 Å². The van der Waals surface area contributed by atoms with E-state index in [-0.39, 0.29) is 24.0 Å². The molecule has 0 heterocycles. The summed E-state index contributed by atoms with van der Waals surface area (Å²) in [5, 5.41) is 0. The van der Waals surface area contributed by atoms with Crippen molar-refractivity contribution in [2.24, 2.45) is 0 Å². The molecule has 158 valence electrons. The predicted molar refractivity (Wildman–Crippen MR) is 117 cm³/mol. The molecule has 0 fully saturated rings. The number of quaternary nitrogens is 1. The second kappa shape index (κ2) is 18.0. The molecule has 27 heavy (non-hydrogen) atoms. The Kier molecular flexibility index (Phi) is 17.9. The lowest BCUT2D eigenvalue weighted by atomic mass is 10.1. The van der Waals surface area contributed by atoms with Crippen LogP contribution < -0.4 is 24.0 Å². The molecular formula is C25H46IN. The Hall–Kier alpha value is -0.0900. The quantitative estimate of drug-likeness (QED) is 0.169. The summed E-state index contributed by atoms with van der Waals surface area (Å²) < 4.78 is 1.33. The fraction of sp³-hybridized carbons (Fsp3) is 0.760. The monoisotopic (exact) mass is 487 g/mol. The highest BCUT2D eigenvalue weighted by Crippen LogP contribution is 2.21. The number of unbranched alkanes of at least 4 members (excludes halogenated alkanes) is 9. The van der Waals surface area contributed by atoms with Crippen LogP contribution in [0.4, 0.5) is 0 Å². The molecule has 1 nitrogen and oxygen atoms in total. The number of benzene rings is 1. The smallest absolute Gasteiger partial charge is 0.104 e. The summed E-state index contributed by atoms with van der Waals surface area (Å²) >= 11 is 0. The molecule has 1 rings (SSSR count). The van der Waals surface area contributed by atoms with E-state index in [1.807, 2.05) is 0 Å². The third kappa shape index (κ3) is 12.9. The maximum absolute atomic E-state index is 2.34. The Bertz CT molecular complexity index is 386. The van der Waals surface area contributed by atoms with Gasteiger partial charge in [-0.15, -0.1) is 0 Å². The molecule has 1 aromatic rings. The lowest BCUT2D eigenvalue weighted by molar-refractivity contribution is -0.941. The minimum Gasteiger partial charge on any atom is -1.00 e. The zero-order valence-electron chi connectivity index (χ0n) is 18.5. The Morgan fingerprint density at radius 3 is 1.33 bits per heavy atom. The molecule has 0 aliphatic rings. The van der Waals surface area contributed by atoms with Gasteiger partial charge in [0.15, 0.2) is 0 Å². The third-order valence-electron chi connectivity index (χ3n) is 5.82. The molecule has 0 aliphatic carbocycles. The van der Waals surface area contributed by atoms with Crippen LogP contribution in [-0.4, -0.2) is 24.1 Å². The van der Waals surface area contributed by atoms with Crippen molar-refractivity contribution in [1.29, 1.82) is 0 Å². The average molecular weight is 488 g/mol. The molecular weight excluding hydrogens is 441 g/mol. The van der Waals surface area contributed by atoms with Crippen LogP contribution >= 0.6 is 0 Å². The topological polar surface area (TPSA) is 0 Å². The first-order valence-electron chi connectivity index (χ1n) is 11.7. The molecule has 0 spiro atoms. The Morgan fingerprint density at radius 1 is 0.556 bits per heavy atom. The van der Waals surface area contributed by atoms with Crippen molar-refractivity contribution < 1.29 is 28.5 Å². The van der Waals surface area contributed by atoms with Gasteiger partial charge in [0, 0.05) is 5.56 Å². The zero-order chi connectivity index (χ0) is 18.9. The van der Waals surface area contributed by atoms with Crippen molar-refractivity contribution in [3.05, 3.63) is 35.9 Å². The molecule has 0 amide bonds. The van der Waals surface area contributed by atoms with E-state index in [2.05, 4.69) is 51.1 Å². The van der Waals surface area contributed by atoms with Gasteiger partial charge in [-0.05, 0) is 38.5 Å². The molecule has 0 radical (unpaired) electrons. The van der Waals surface area contributed by atoms with Gasteiger partial charge in [-0.2, -0.15) is 0 Å². The first kappa shape index (κ1) is 26.9. The lowest BCUT2D eigenvalue weighted by Crippen LogP contribution is -3.00. The van der Waals surface area contributed by atoms with Crippen molar-refractivity contribution in [3.63, 3.8) is 0 Å². The normalized spacial score (nSPS) is 11.4. The molecule has 0 N–H and O–H groups in total. The Morgan fingerprint density at radius 2 is 0.963 bits per heavy atom. The van der Waals surface area contributed by atoms with Crippen molar-refractivity contribution >= 4 is 0 Å². The van der Waals surface area contributed by atoms with Crippen LogP contribution in [-0.2, 0) is 6.54 Å².